The fourth-order valence-electron chi connectivity index (χ4n) is 1.54. The molecule has 1 aromatic heterocycles. The van der Waals surface area contributed by atoms with E-state index in [4.69, 9.17) is 0 Å². The van der Waals surface area contributed by atoms with E-state index in [0.29, 0.717) is 0 Å². The minimum Gasteiger partial charge on any atom is -0.387 e. The van der Waals surface area contributed by atoms with E-state index in [-0.39, 0.29) is 5.41 Å². The second kappa shape index (κ2) is 4.08. The van der Waals surface area contributed by atoms with Crippen molar-refractivity contribution in [3.63, 3.8) is 0 Å². The van der Waals surface area contributed by atoms with Crippen molar-refractivity contribution >= 4 is 5.57 Å². The van der Waals surface area contributed by atoms with Crippen LogP contribution in [0.3, 0.4) is 0 Å². The van der Waals surface area contributed by atoms with Gasteiger partial charge in [0.15, 0.2) is 0 Å². The third kappa shape index (κ3) is 2.30. The summed E-state index contributed by atoms with van der Waals surface area (Å²) in [5, 5.41) is 3.17. The molecule has 0 spiro atoms. The zero-order valence-electron chi connectivity index (χ0n) is 9.99. The van der Waals surface area contributed by atoms with Crippen molar-refractivity contribution in [2.45, 2.75) is 26.2 Å². The summed E-state index contributed by atoms with van der Waals surface area (Å²) in [5.41, 5.74) is 2.32. The molecule has 2 rings (SSSR count). The summed E-state index contributed by atoms with van der Waals surface area (Å²) in [6.07, 6.45) is 9.83. The predicted molar refractivity (Wildman–Crippen MR) is 65.9 cm³/mol. The largest absolute Gasteiger partial charge is 0.387 e. The first-order valence-electron chi connectivity index (χ1n) is 5.49. The lowest BCUT2D eigenvalue weighted by atomic mass is 9.95. The number of rotatable bonds is 1. The first-order chi connectivity index (χ1) is 7.57. The highest BCUT2D eigenvalue weighted by Gasteiger charge is 2.17. The molecule has 0 radical (unpaired) electrons. The Morgan fingerprint density at radius 1 is 1.19 bits per heavy atom. The van der Waals surface area contributed by atoms with Crippen LogP contribution in [0.15, 0.2) is 30.7 Å². The molecule has 1 aromatic rings. The second-order valence-electron chi connectivity index (χ2n) is 4.98. The molecule has 0 fully saturated rings. The molecule has 0 saturated heterocycles. The van der Waals surface area contributed by atoms with Gasteiger partial charge in [-0.05, 0) is 17.8 Å². The summed E-state index contributed by atoms with van der Waals surface area (Å²) < 4.78 is 0. The maximum atomic E-state index is 4.42. The lowest BCUT2D eigenvalue weighted by Crippen LogP contribution is -2.17. The number of hydrogen-bond acceptors (Lipinski definition) is 3. The average molecular weight is 215 g/mol. The quantitative estimate of drug-likeness (QED) is 0.781. The smallest absolute Gasteiger partial charge is 0.133 e. The maximum absolute atomic E-state index is 4.42. The first-order valence-corrected chi connectivity index (χ1v) is 5.49. The molecule has 0 aliphatic carbocycles. The van der Waals surface area contributed by atoms with E-state index in [0.717, 1.165) is 17.9 Å². The van der Waals surface area contributed by atoms with Crippen LogP contribution in [-0.4, -0.2) is 16.5 Å². The van der Waals surface area contributed by atoms with Gasteiger partial charge >= 0.3 is 0 Å². The normalized spacial score (nSPS) is 15.6. The lowest BCUT2D eigenvalue weighted by Gasteiger charge is -2.17. The van der Waals surface area contributed by atoms with Gasteiger partial charge in [-0.3, -0.25) is 0 Å². The summed E-state index contributed by atoms with van der Waals surface area (Å²) in [7, 11) is 0. The molecule has 2 heterocycles. The Hall–Kier alpha value is -1.64. The average Bonchev–Trinajstić information content (AvgIpc) is 2.29. The molecule has 0 bridgehead atoms. The fourth-order valence-corrected chi connectivity index (χ4v) is 1.54. The summed E-state index contributed by atoms with van der Waals surface area (Å²) in [6.45, 7) is 7.19. The van der Waals surface area contributed by atoms with Gasteiger partial charge in [-0.2, -0.15) is 0 Å². The number of hydrogen-bond donors (Lipinski definition) is 1. The zero-order chi connectivity index (χ0) is 11.6. The molecule has 0 unspecified atom stereocenters. The van der Waals surface area contributed by atoms with Crippen molar-refractivity contribution in [1.82, 2.24) is 15.3 Å². The van der Waals surface area contributed by atoms with E-state index in [1.807, 2.05) is 24.7 Å². The van der Waals surface area contributed by atoms with E-state index in [1.54, 1.807) is 0 Å². The lowest BCUT2D eigenvalue weighted by molar-refractivity contribution is 0.544. The van der Waals surface area contributed by atoms with Crippen LogP contribution in [0.25, 0.3) is 5.57 Å². The van der Waals surface area contributed by atoms with Gasteiger partial charge in [-0.15, -0.1) is 0 Å². The molecule has 3 heteroatoms. The molecule has 0 amide bonds. The van der Waals surface area contributed by atoms with Crippen LogP contribution in [0.1, 0.15) is 32.2 Å². The molecule has 1 N–H and O–H groups in total. The Morgan fingerprint density at radius 2 is 1.88 bits per heavy atom. The second-order valence-corrected chi connectivity index (χ2v) is 4.98. The van der Waals surface area contributed by atoms with Gasteiger partial charge in [0.05, 0.1) is 0 Å². The molecule has 16 heavy (non-hydrogen) atoms. The van der Waals surface area contributed by atoms with Gasteiger partial charge < -0.3 is 5.32 Å². The Bertz CT molecular complexity index is 421. The Morgan fingerprint density at radius 3 is 2.38 bits per heavy atom. The molecule has 0 aromatic carbocycles. The SMILES string of the molecule is CC(C)(C)c1ncc(C2=CC=CNC2)cn1. The Balaban J connectivity index is 2.26. The number of allylic oxidation sites excluding steroid dienone is 2. The van der Waals surface area contributed by atoms with Gasteiger partial charge in [0.2, 0.25) is 0 Å². The maximum Gasteiger partial charge on any atom is 0.133 e. The summed E-state index contributed by atoms with van der Waals surface area (Å²) in [4.78, 5) is 8.84. The van der Waals surface area contributed by atoms with Crippen LogP contribution < -0.4 is 5.32 Å². The number of nitrogens with zero attached hydrogens (tertiary/aromatic N) is 2. The third-order valence-corrected chi connectivity index (χ3v) is 2.50. The van der Waals surface area contributed by atoms with Crippen molar-refractivity contribution < 1.29 is 0 Å². The zero-order valence-corrected chi connectivity index (χ0v) is 9.99. The van der Waals surface area contributed by atoms with E-state index in [1.165, 1.54) is 5.57 Å². The van der Waals surface area contributed by atoms with Crippen molar-refractivity contribution in [3.8, 4) is 0 Å². The number of nitrogens with one attached hydrogen (secondary N) is 1. The molecule has 1 aliphatic heterocycles. The fraction of sp³-hybridized carbons (Fsp3) is 0.385. The summed E-state index contributed by atoms with van der Waals surface area (Å²) in [6, 6.07) is 0. The molecule has 3 nitrogen and oxygen atoms in total. The van der Waals surface area contributed by atoms with Gasteiger partial charge in [0.1, 0.15) is 5.82 Å². The minimum absolute atomic E-state index is 0.0115. The predicted octanol–water partition coefficient (Wildman–Crippen LogP) is 2.27. The van der Waals surface area contributed by atoms with Crippen LogP contribution in [0.5, 0.6) is 0 Å². The standard InChI is InChI=1S/C13H17N3/c1-13(2,3)12-15-8-11(9-16-12)10-5-4-6-14-7-10/h4-6,8-9,14H,7H2,1-3H3. The van der Waals surface area contributed by atoms with Gasteiger partial charge in [-0.1, -0.05) is 26.8 Å². The number of dihydropyridines is 1. The van der Waals surface area contributed by atoms with Crippen molar-refractivity contribution in [3.05, 3.63) is 42.1 Å². The molecule has 84 valence electrons. The van der Waals surface area contributed by atoms with Crippen molar-refractivity contribution in [2.75, 3.05) is 6.54 Å². The Labute approximate surface area is 96.3 Å². The molecule has 0 atom stereocenters. The molecular weight excluding hydrogens is 198 g/mol. The van der Waals surface area contributed by atoms with E-state index < -0.39 is 0 Å². The van der Waals surface area contributed by atoms with E-state index in [9.17, 15) is 0 Å². The van der Waals surface area contributed by atoms with Crippen LogP contribution in [0.4, 0.5) is 0 Å². The van der Waals surface area contributed by atoms with Gasteiger partial charge in [0, 0.05) is 29.9 Å². The monoisotopic (exact) mass is 215 g/mol. The summed E-state index contributed by atoms with van der Waals surface area (Å²) >= 11 is 0. The number of aromatic nitrogens is 2. The minimum atomic E-state index is 0.0115. The Kier molecular flexibility index (Phi) is 2.77. The molecular formula is C13H17N3. The highest BCUT2D eigenvalue weighted by molar-refractivity contribution is 5.68. The van der Waals surface area contributed by atoms with Crippen molar-refractivity contribution in [1.29, 1.82) is 0 Å². The van der Waals surface area contributed by atoms with Crippen LogP contribution in [-0.2, 0) is 5.41 Å². The van der Waals surface area contributed by atoms with E-state index in [2.05, 4.69) is 42.1 Å². The molecule has 1 aliphatic rings. The first kappa shape index (κ1) is 10.9. The highest BCUT2D eigenvalue weighted by atomic mass is 14.9. The topological polar surface area (TPSA) is 37.8 Å². The van der Waals surface area contributed by atoms with Crippen LogP contribution in [0, 0.1) is 0 Å². The van der Waals surface area contributed by atoms with Gasteiger partial charge in [0.25, 0.3) is 0 Å². The van der Waals surface area contributed by atoms with Crippen molar-refractivity contribution in [2.24, 2.45) is 0 Å². The van der Waals surface area contributed by atoms with E-state index >= 15 is 0 Å². The molecule has 0 saturated carbocycles. The highest BCUT2D eigenvalue weighted by Crippen LogP contribution is 2.19. The van der Waals surface area contributed by atoms with Crippen LogP contribution >= 0.6 is 0 Å². The van der Waals surface area contributed by atoms with Gasteiger partial charge in [-0.25, -0.2) is 9.97 Å². The van der Waals surface area contributed by atoms with Crippen LogP contribution in [0.2, 0.25) is 0 Å². The third-order valence-electron chi connectivity index (χ3n) is 2.50. The summed E-state index contributed by atoms with van der Waals surface area (Å²) in [5.74, 6) is 0.885.